The summed E-state index contributed by atoms with van der Waals surface area (Å²) in [5.74, 6) is -2.18. The van der Waals surface area contributed by atoms with Gasteiger partial charge in [-0.1, -0.05) is 17.8 Å². The molecule has 1 amide bonds. The molecule has 1 fully saturated rings. The van der Waals surface area contributed by atoms with E-state index in [1.54, 1.807) is 0 Å². The standard InChI is InChI=1S/C13H9FN4O3S/c14-9-3-1-2-7(5-15)8(9)6-16-18-13-17-12(21)10(22-13)4-11(19)20/h1-3,6,10H,4H2,(H,19,20)(H,17,18,21). The van der Waals surface area contributed by atoms with Crippen LogP contribution in [0.1, 0.15) is 17.5 Å². The van der Waals surface area contributed by atoms with Crippen LogP contribution in [0.25, 0.3) is 0 Å². The summed E-state index contributed by atoms with van der Waals surface area (Å²) in [7, 11) is 0. The highest BCUT2D eigenvalue weighted by Crippen LogP contribution is 2.22. The minimum atomic E-state index is -1.09. The van der Waals surface area contributed by atoms with Crippen molar-refractivity contribution >= 4 is 35.0 Å². The van der Waals surface area contributed by atoms with Crippen molar-refractivity contribution < 1.29 is 19.1 Å². The molecule has 2 N–H and O–H groups in total. The largest absolute Gasteiger partial charge is 0.481 e. The number of rotatable bonds is 4. The summed E-state index contributed by atoms with van der Waals surface area (Å²) in [5.41, 5.74) is 0.0987. The Kier molecular flexibility index (Phi) is 4.85. The van der Waals surface area contributed by atoms with Gasteiger partial charge in [0.25, 0.3) is 0 Å². The van der Waals surface area contributed by atoms with Crippen LogP contribution in [-0.2, 0) is 9.59 Å². The minimum absolute atomic E-state index is 0.00856. The molecule has 1 saturated heterocycles. The molecule has 1 aliphatic heterocycles. The molecule has 1 aromatic rings. The highest BCUT2D eigenvalue weighted by molar-refractivity contribution is 8.15. The maximum atomic E-state index is 13.6. The Labute approximate surface area is 128 Å². The predicted molar refractivity (Wildman–Crippen MR) is 77.9 cm³/mol. The zero-order chi connectivity index (χ0) is 16.1. The van der Waals surface area contributed by atoms with E-state index in [1.807, 2.05) is 6.07 Å². The molecule has 0 spiro atoms. The Morgan fingerprint density at radius 2 is 2.36 bits per heavy atom. The fourth-order valence-corrected chi connectivity index (χ4v) is 2.57. The molecule has 0 aliphatic carbocycles. The number of amidine groups is 1. The molecule has 112 valence electrons. The van der Waals surface area contributed by atoms with Crippen LogP contribution in [-0.4, -0.2) is 33.6 Å². The fourth-order valence-electron chi connectivity index (χ4n) is 1.65. The molecule has 7 nitrogen and oxygen atoms in total. The number of hydrogen-bond donors (Lipinski definition) is 2. The van der Waals surface area contributed by atoms with Gasteiger partial charge in [-0.2, -0.15) is 10.4 Å². The molecule has 1 aliphatic rings. The number of carbonyl (C=O) groups excluding carboxylic acids is 1. The second-order valence-corrected chi connectivity index (χ2v) is 5.35. The Morgan fingerprint density at radius 3 is 3.05 bits per heavy atom. The number of carboxylic acids is 1. The molecular weight excluding hydrogens is 311 g/mol. The van der Waals surface area contributed by atoms with Crippen LogP contribution in [0.15, 0.2) is 28.4 Å². The summed E-state index contributed by atoms with van der Waals surface area (Å²) in [5, 5.41) is 26.6. The predicted octanol–water partition coefficient (Wildman–Crippen LogP) is 1.09. The number of nitriles is 1. The van der Waals surface area contributed by atoms with Gasteiger partial charge in [0, 0.05) is 5.56 Å². The molecule has 0 saturated carbocycles. The number of carboxylic acid groups (broad SMARTS) is 1. The van der Waals surface area contributed by atoms with Gasteiger partial charge in [0.2, 0.25) is 5.91 Å². The summed E-state index contributed by atoms with van der Waals surface area (Å²) in [6.07, 6.45) is 0.739. The van der Waals surface area contributed by atoms with Gasteiger partial charge in [-0.25, -0.2) is 4.39 Å². The van der Waals surface area contributed by atoms with Gasteiger partial charge in [0.1, 0.15) is 11.1 Å². The van der Waals surface area contributed by atoms with Gasteiger partial charge in [-0.3, -0.25) is 9.59 Å². The van der Waals surface area contributed by atoms with Crippen LogP contribution < -0.4 is 5.32 Å². The van der Waals surface area contributed by atoms with Gasteiger partial charge in [-0.15, -0.1) is 5.10 Å². The zero-order valence-electron chi connectivity index (χ0n) is 11.0. The van der Waals surface area contributed by atoms with Crippen LogP contribution in [0.4, 0.5) is 4.39 Å². The Bertz CT molecular complexity index is 726. The smallest absolute Gasteiger partial charge is 0.305 e. The molecule has 0 radical (unpaired) electrons. The van der Waals surface area contributed by atoms with E-state index < -0.39 is 22.9 Å². The van der Waals surface area contributed by atoms with Crippen LogP contribution >= 0.6 is 11.8 Å². The van der Waals surface area contributed by atoms with E-state index in [2.05, 4.69) is 15.5 Å². The monoisotopic (exact) mass is 320 g/mol. The Balaban J connectivity index is 2.12. The molecule has 1 aromatic carbocycles. The topological polar surface area (TPSA) is 115 Å². The van der Waals surface area contributed by atoms with Crippen molar-refractivity contribution in [2.45, 2.75) is 11.7 Å². The van der Waals surface area contributed by atoms with E-state index in [1.165, 1.54) is 18.2 Å². The summed E-state index contributed by atoms with van der Waals surface area (Å²) >= 11 is 0.932. The lowest BCUT2D eigenvalue weighted by molar-refractivity contribution is -0.138. The maximum absolute atomic E-state index is 13.6. The number of amides is 1. The first-order valence-electron chi connectivity index (χ1n) is 6.00. The molecule has 22 heavy (non-hydrogen) atoms. The molecular formula is C13H9FN4O3S. The zero-order valence-corrected chi connectivity index (χ0v) is 11.8. The summed E-state index contributed by atoms with van der Waals surface area (Å²) < 4.78 is 13.6. The van der Waals surface area contributed by atoms with Gasteiger partial charge >= 0.3 is 5.97 Å². The molecule has 0 bridgehead atoms. The molecule has 0 aromatic heterocycles. The number of benzene rings is 1. The van der Waals surface area contributed by atoms with E-state index in [4.69, 9.17) is 10.4 Å². The minimum Gasteiger partial charge on any atom is -0.481 e. The van der Waals surface area contributed by atoms with Gasteiger partial charge in [-0.05, 0) is 12.1 Å². The van der Waals surface area contributed by atoms with E-state index >= 15 is 0 Å². The summed E-state index contributed by atoms with van der Waals surface area (Å²) in [6, 6.07) is 5.86. The average molecular weight is 320 g/mol. The highest BCUT2D eigenvalue weighted by atomic mass is 32.2. The second kappa shape index (κ2) is 6.82. The summed E-state index contributed by atoms with van der Waals surface area (Å²) in [4.78, 5) is 22.1. The summed E-state index contributed by atoms with van der Waals surface area (Å²) in [6.45, 7) is 0. The van der Waals surface area contributed by atoms with Gasteiger partial charge in [0.05, 0.1) is 24.3 Å². The third-order valence-electron chi connectivity index (χ3n) is 2.65. The SMILES string of the molecule is N#Cc1cccc(F)c1C=NN=C1NC(=O)C(CC(=O)O)S1. The van der Waals surface area contributed by atoms with Crippen molar-refractivity contribution in [3.05, 3.63) is 35.1 Å². The van der Waals surface area contributed by atoms with Crippen LogP contribution in [0.5, 0.6) is 0 Å². The number of nitrogens with zero attached hydrogens (tertiary/aromatic N) is 3. The van der Waals surface area contributed by atoms with Crippen molar-refractivity contribution in [1.29, 1.82) is 5.26 Å². The molecule has 9 heteroatoms. The number of hydrogen-bond acceptors (Lipinski definition) is 6. The molecule has 1 unspecified atom stereocenters. The quantitative estimate of drug-likeness (QED) is 0.636. The van der Waals surface area contributed by atoms with E-state index in [9.17, 15) is 14.0 Å². The Morgan fingerprint density at radius 1 is 1.59 bits per heavy atom. The van der Waals surface area contributed by atoms with E-state index in [0.717, 1.165) is 18.0 Å². The van der Waals surface area contributed by atoms with E-state index in [0.29, 0.717) is 0 Å². The normalized spacial score (nSPS) is 19.4. The molecule has 1 heterocycles. The number of carbonyl (C=O) groups is 2. The fraction of sp³-hybridized carbons (Fsp3) is 0.154. The maximum Gasteiger partial charge on any atom is 0.305 e. The Hall–Kier alpha value is -2.73. The van der Waals surface area contributed by atoms with Crippen LogP contribution in [0, 0.1) is 17.1 Å². The molecule has 2 rings (SSSR count). The highest BCUT2D eigenvalue weighted by Gasteiger charge is 2.32. The lowest BCUT2D eigenvalue weighted by Gasteiger charge is -1.98. The van der Waals surface area contributed by atoms with Crippen molar-refractivity contribution in [2.24, 2.45) is 10.2 Å². The van der Waals surface area contributed by atoms with Crippen LogP contribution in [0.3, 0.4) is 0 Å². The van der Waals surface area contributed by atoms with Crippen molar-refractivity contribution in [3.8, 4) is 6.07 Å². The first kappa shape index (κ1) is 15.7. The number of nitrogens with one attached hydrogen (secondary N) is 1. The van der Waals surface area contributed by atoms with Crippen molar-refractivity contribution in [1.82, 2.24) is 5.32 Å². The average Bonchev–Trinajstić information content (AvgIpc) is 2.80. The molecule has 1 atom stereocenters. The van der Waals surface area contributed by atoms with Crippen LogP contribution in [0.2, 0.25) is 0 Å². The van der Waals surface area contributed by atoms with Gasteiger partial charge < -0.3 is 10.4 Å². The second-order valence-electron chi connectivity index (χ2n) is 4.16. The van der Waals surface area contributed by atoms with Gasteiger partial charge in [0.15, 0.2) is 5.17 Å². The first-order valence-corrected chi connectivity index (χ1v) is 6.88. The first-order chi connectivity index (χ1) is 10.5. The van der Waals surface area contributed by atoms with E-state index in [-0.39, 0.29) is 22.7 Å². The number of aliphatic carboxylic acids is 1. The number of thioether (sulfide) groups is 1. The lowest BCUT2D eigenvalue weighted by atomic mass is 10.1. The number of halogens is 1. The third-order valence-corrected chi connectivity index (χ3v) is 3.72. The van der Waals surface area contributed by atoms with Crippen molar-refractivity contribution in [2.75, 3.05) is 0 Å². The van der Waals surface area contributed by atoms with Crippen molar-refractivity contribution in [3.63, 3.8) is 0 Å². The third kappa shape index (κ3) is 3.67. The lowest BCUT2D eigenvalue weighted by Crippen LogP contribution is -2.26.